The van der Waals surface area contributed by atoms with Crippen LogP contribution in [0, 0.1) is 46.3 Å². The molecule has 10 atom stereocenters. The highest BCUT2D eigenvalue weighted by Gasteiger charge is 2.64. The third-order valence-corrected chi connectivity index (χ3v) is 10.7. The van der Waals surface area contributed by atoms with E-state index in [1.807, 2.05) is 0 Å². The third-order valence-electron chi connectivity index (χ3n) is 10.7. The average molecular weight is 467 g/mol. The molecule has 0 amide bonds. The summed E-state index contributed by atoms with van der Waals surface area (Å²) in [4.78, 5) is 24.0. The zero-order valence-corrected chi connectivity index (χ0v) is 21.1. The van der Waals surface area contributed by atoms with Crippen molar-refractivity contribution in [2.45, 2.75) is 90.8 Å². The van der Waals surface area contributed by atoms with Gasteiger partial charge in [0, 0.05) is 20.0 Å². The van der Waals surface area contributed by atoms with E-state index in [2.05, 4.69) is 20.8 Å². The Morgan fingerprint density at radius 2 is 1.88 bits per heavy atom. The van der Waals surface area contributed by atoms with Crippen molar-refractivity contribution in [3.63, 3.8) is 0 Å². The van der Waals surface area contributed by atoms with Gasteiger partial charge in [-0.15, -0.1) is 0 Å². The van der Waals surface area contributed by atoms with E-state index in [-0.39, 0.29) is 41.4 Å². The molecule has 4 saturated carbocycles. The van der Waals surface area contributed by atoms with Crippen LogP contribution in [0.15, 0.2) is 0 Å². The van der Waals surface area contributed by atoms with Gasteiger partial charge in [0.2, 0.25) is 0 Å². The molecule has 5 nitrogen and oxygen atoms in total. The zero-order valence-electron chi connectivity index (χ0n) is 21.1. The number of methoxy groups -OCH3 is 2. The molecule has 0 radical (unpaired) electrons. The van der Waals surface area contributed by atoms with Gasteiger partial charge in [0.05, 0.1) is 13.2 Å². The first-order valence-corrected chi connectivity index (χ1v) is 13.0. The van der Waals surface area contributed by atoms with Crippen LogP contribution in [0.2, 0.25) is 0 Å². The number of ether oxygens (including phenoxy) is 3. The van der Waals surface area contributed by atoms with E-state index in [1.54, 1.807) is 7.11 Å². The SMILES string of the molecule is COCO[C@@H]1C[C@@H]2CC(=O)[C@@H](F)C[C@]2(C)[C@H]2CC[C@]3(C)[C@@H](C(C)CCC(=O)OC)CC[C@H]3[C@H]12. The number of carbonyl (C=O) groups is 2. The Hall–Kier alpha value is -1.01. The summed E-state index contributed by atoms with van der Waals surface area (Å²) >= 11 is 0. The molecule has 33 heavy (non-hydrogen) atoms. The minimum Gasteiger partial charge on any atom is -0.469 e. The van der Waals surface area contributed by atoms with Gasteiger partial charge in [0.15, 0.2) is 12.0 Å². The number of halogens is 1. The molecule has 4 fully saturated rings. The molecule has 188 valence electrons. The summed E-state index contributed by atoms with van der Waals surface area (Å²) in [6.45, 7) is 7.28. The van der Waals surface area contributed by atoms with Crippen LogP contribution in [0.5, 0.6) is 0 Å². The van der Waals surface area contributed by atoms with Gasteiger partial charge in [-0.1, -0.05) is 20.8 Å². The lowest BCUT2D eigenvalue weighted by Crippen LogP contribution is -2.60. The van der Waals surface area contributed by atoms with Crippen LogP contribution in [0.25, 0.3) is 0 Å². The molecule has 4 rings (SSSR count). The van der Waals surface area contributed by atoms with Crippen LogP contribution in [-0.2, 0) is 23.8 Å². The summed E-state index contributed by atoms with van der Waals surface area (Å²) < 4.78 is 31.2. The van der Waals surface area contributed by atoms with Crippen molar-refractivity contribution in [3.05, 3.63) is 0 Å². The number of ketones is 1. The van der Waals surface area contributed by atoms with Gasteiger partial charge >= 0.3 is 5.97 Å². The summed E-state index contributed by atoms with van der Waals surface area (Å²) in [7, 11) is 3.11. The van der Waals surface area contributed by atoms with Crippen molar-refractivity contribution in [1.29, 1.82) is 0 Å². The summed E-state index contributed by atoms with van der Waals surface area (Å²) in [6, 6.07) is 0. The van der Waals surface area contributed by atoms with Gasteiger partial charge in [0.1, 0.15) is 6.79 Å². The highest BCUT2D eigenvalue weighted by atomic mass is 19.1. The fraction of sp³-hybridized carbons (Fsp3) is 0.926. The van der Waals surface area contributed by atoms with E-state index in [0.717, 1.165) is 32.1 Å². The number of hydrogen-bond acceptors (Lipinski definition) is 5. The van der Waals surface area contributed by atoms with E-state index in [9.17, 15) is 14.0 Å². The van der Waals surface area contributed by atoms with Gasteiger partial charge < -0.3 is 14.2 Å². The molecule has 0 saturated heterocycles. The number of alkyl halides is 1. The molecule has 0 N–H and O–H groups in total. The Morgan fingerprint density at radius 1 is 1.15 bits per heavy atom. The van der Waals surface area contributed by atoms with E-state index < -0.39 is 6.17 Å². The van der Waals surface area contributed by atoms with Gasteiger partial charge in [-0.2, -0.15) is 0 Å². The van der Waals surface area contributed by atoms with Crippen LogP contribution in [0.1, 0.15) is 78.6 Å². The molecule has 0 bridgehead atoms. The Balaban J connectivity index is 1.59. The Kier molecular flexibility index (Phi) is 7.27. The molecule has 0 aliphatic heterocycles. The van der Waals surface area contributed by atoms with Gasteiger partial charge in [-0.3, -0.25) is 9.59 Å². The molecule has 4 aliphatic rings. The number of hydrogen-bond donors (Lipinski definition) is 0. The summed E-state index contributed by atoms with van der Waals surface area (Å²) in [6.07, 6.45) is 6.18. The van der Waals surface area contributed by atoms with Crippen molar-refractivity contribution in [3.8, 4) is 0 Å². The highest BCUT2D eigenvalue weighted by Crippen LogP contribution is 2.68. The molecule has 0 aromatic rings. The third kappa shape index (κ3) is 4.28. The molecule has 0 spiro atoms. The van der Waals surface area contributed by atoms with Crippen LogP contribution < -0.4 is 0 Å². The smallest absolute Gasteiger partial charge is 0.305 e. The number of fused-ring (bicyclic) bond motifs is 5. The van der Waals surface area contributed by atoms with Crippen LogP contribution >= 0.6 is 0 Å². The molecular weight excluding hydrogens is 423 g/mol. The van der Waals surface area contributed by atoms with Crippen LogP contribution in [0.4, 0.5) is 4.39 Å². The van der Waals surface area contributed by atoms with E-state index in [0.29, 0.717) is 48.9 Å². The predicted octanol–water partition coefficient (Wildman–Crippen LogP) is 5.35. The summed E-state index contributed by atoms with van der Waals surface area (Å²) in [5, 5.41) is 0. The first-order valence-electron chi connectivity index (χ1n) is 13.0. The van der Waals surface area contributed by atoms with Crippen molar-refractivity contribution in [2.75, 3.05) is 21.0 Å². The average Bonchev–Trinajstić information content (AvgIpc) is 3.14. The van der Waals surface area contributed by atoms with Gasteiger partial charge in [-0.25, -0.2) is 4.39 Å². The van der Waals surface area contributed by atoms with Crippen molar-refractivity contribution in [2.24, 2.45) is 46.3 Å². The lowest BCUT2D eigenvalue weighted by Gasteiger charge is -2.62. The number of Topliss-reactive ketones (excluding diaryl/α,β-unsaturated/α-hetero) is 1. The minimum atomic E-state index is -1.31. The number of carbonyl (C=O) groups excluding carboxylic acids is 2. The maximum absolute atomic E-state index is 14.7. The minimum absolute atomic E-state index is 0.0609. The fourth-order valence-electron chi connectivity index (χ4n) is 8.96. The molecule has 0 aromatic heterocycles. The first-order chi connectivity index (χ1) is 15.7. The standard InChI is InChI=1S/C27H43FO5/c1-16(6-9-24(30)32-5)18-7-8-19-25-20(10-11-26(18,19)2)27(3)14-21(28)22(29)12-17(27)13-23(25)33-15-31-4/h16-21,23,25H,6-15H2,1-5H3/t16?,17-,18+,19-,20-,21-,23+,25-,26+,27-/m0/s1. The summed E-state index contributed by atoms with van der Waals surface area (Å²) in [5.74, 6) is 2.16. The van der Waals surface area contributed by atoms with Crippen molar-refractivity contribution < 1.29 is 28.2 Å². The maximum atomic E-state index is 14.7. The quantitative estimate of drug-likeness (QED) is 0.374. The highest BCUT2D eigenvalue weighted by molar-refractivity contribution is 5.84. The normalized spacial score (nSPS) is 45.6. The Bertz CT molecular complexity index is 742. The van der Waals surface area contributed by atoms with E-state index in [4.69, 9.17) is 14.2 Å². The van der Waals surface area contributed by atoms with Gasteiger partial charge in [0.25, 0.3) is 0 Å². The molecule has 6 heteroatoms. The van der Waals surface area contributed by atoms with Gasteiger partial charge in [-0.05, 0) is 91.3 Å². The molecular formula is C27H43FO5. The number of esters is 1. The van der Waals surface area contributed by atoms with Crippen LogP contribution in [0.3, 0.4) is 0 Å². The monoisotopic (exact) mass is 466 g/mol. The second kappa shape index (κ2) is 9.56. The molecule has 0 heterocycles. The predicted molar refractivity (Wildman–Crippen MR) is 123 cm³/mol. The number of rotatable bonds is 7. The topological polar surface area (TPSA) is 61.8 Å². The lowest BCUT2D eigenvalue weighted by atomic mass is 9.43. The first kappa shape index (κ1) is 25.1. The Morgan fingerprint density at radius 3 is 2.58 bits per heavy atom. The second-order valence-corrected chi connectivity index (χ2v) is 12.0. The van der Waals surface area contributed by atoms with Crippen molar-refractivity contribution >= 4 is 11.8 Å². The molecule has 1 unspecified atom stereocenters. The zero-order chi connectivity index (χ0) is 24.0. The van der Waals surface area contributed by atoms with E-state index in [1.165, 1.54) is 13.5 Å². The maximum Gasteiger partial charge on any atom is 0.305 e. The molecule has 0 aromatic carbocycles. The lowest BCUT2D eigenvalue weighted by molar-refractivity contribution is -0.205. The summed E-state index contributed by atoms with van der Waals surface area (Å²) in [5.41, 5.74) is 0.0645. The molecule has 4 aliphatic carbocycles. The van der Waals surface area contributed by atoms with Crippen molar-refractivity contribution in [1.82, 2.24) is 0 Å². The van der Waals surface area contributed by atoms with Crippen LogP contribution in [-0.4, -0.2) is 45.0 Å². The largest absolute Gasteiger partial charge is 0.469 e. The fourth-order valence-corrected chi connectivity index (χ4v) is 8.96. The Labute approximate surface area is 198 Å². The second-order valence-electron chi connectivity index (χ2n) is 12.0. The van der Waals surface area contributed by atoms with E-state index >= 15 is 0 Å².